The maximum Gasteiger partial charge on any atom is 0.224 e. The smallest absolute Gasteiger partial charge is 0.224 e. The highest BCUT2D eigenvalue weighted by atomic mass is 35.5. The Balaban J connectivity index is 1.99. The number of nitrogens with one attached hydrogen (secondary N) is 1. The van der Waals surface area contributed by atoms with Gasteiger partial charge < -0.3 is 9.73 Å². The Kier molecular flexibility index (Phi) is 4.50. The molecule has 0 aliphatic heterocycles. The van der Waals surface area contributed by atoms with Crippen LogP contribution in [0.3, 0.4) is 0 Å². The highest BCUT2D eigenvalue weighted by Crippen LogP contribution is 2.29. The van der Waals surface area contributed by atoms with Crippen LogP contribution in [0.5, 0.6) is 0 Å². The van der Waals surface area contributed by atoms with Gasteiger partial charge in [-0.1, -0.05) is 6.07 Å². The molecule has 0 amide bonds. The fraction of sp³-hybridized carbons (Fsp3) is 0.133. The maximum absolute atomic E-state index is 11.8. The van der Waals surface area contributed by atoms with Gasteiger partial charge in [0.15, 0.2) is 5.82 Å². The molecule has 0 saturated carbocycles. The van der Waals surface area contributed by atoms with Gasteiger partial charge in [0.25, 0.3) is 0 Å². The van der Waals surface area contributed by atoms with Crippen LogP contribution in [0.25, 0.3) is 11.3 Å². The number of pyridine rings is 1. The van der Waals surface area contributed by atoms with E-state index in [0.717, 1.165) is 0 Å². The topological polar surface area (TPSA) is 93.3 Å². The number of nitrogens with zero attached hydrogens (tertiary/aromatic N) is 4. The Labute approximate surface area is 144 Å². The quantitative estimate of drug-likeness (QED) is 0.707. The molecule has 3 rings (SSSR count). The highest BCUT2D eigenvalue weighted by Gasteiger charge is 2.12. The van der Waals surface area contributed by atoms with Crippen molar-refractivity contribution in [3.05, 3.63) is 48.1 Å². The maximum atomic E-state index is 11.8. The summed E-state index contributed by atoms with van der Waals surface area (Å²) in [5.41, 5.74) is 0.642. The molecule has 0 fully saturated rings. The number of furan rings is 1. The lowest BCUT2D eigenvalue weighted by atomic mass is 10.2. The Hall–Kier alpha value is -2.45. The van der Waals surface area contributed by atoms with E-state index < -0.39 is 9.73 Å². The van der Waals surface area contributed by atoms with Gasteiger partial charge in [0, 0.05) is 28.4 Å². The van der Waals surface area contributed by atoms with Gasteiger partial charge in [-0.2, -0.15) is 9.35 Å². The minimum atomic E-state index is -2.29. The summed E-state index contributed by atoms with van der Waals surface area (Å²) >= 11 is 5.89. The monoisotopic (exact) mass is 363 g/mol. The molecular formula is C15H14ClN5O2S. The third-order valence-electron chi connectivity index (χ3n) is 2.84. The average molecular weight is 364 g/mol. The Morgan fingerprint density at radius 1 is 1.21 bits per heavy atom. The van der Waals surface area contributed by atoms with Crippen molar-refractivity contribution in [2.45, 2.75) is 0 Å². The van der Waals surface area contributed by atoms with Gasteiger partial charge in [-0.3, -0.25) is 0 Å². The van der Waals surface area contributed by atoms with E-state index in [1.54, 1.807) is 55.3 Å². The molecule has 0 aromatic carbocycles. The number of hydrogen-bond donors (Lipinski definition) is 1. The molecule has 0 atom stereocenters. The van der Waals surface area contributed by atoms with Gasteiger partial charge in [0.1, 0.15) is 17.4 Å². The first-order valence-electron chi connectivity index (χ1n) is 6.88. The predicted molar refractivity (Wildman–Crippen MR) is 94.3 cm³/mol. The minimum absolute atomic E-state index is 0.0961. The van der Waals surface area contributed by atoms with Crippen molar-refractivity contribution in [1.29, 1.82) is 0 Å². The van der Waals surface area contributed by atoms with E-state index in [0.29, 0.717) is 28.8 Å². The van der Waals surface area contributed by atoms with E-state index in [1.165, 1.54) is 0 Å². The molecule has 7 nitrogen and oxygen atoms in total. The Morgan fingerprint density at radius 2 is 2.04 bits per heavy atom. The molecule has 3 heterocycles. The lowest BCUT2D eigenvalue weighted by Gasteiger charge is -2.09. The first-order chi connectivity index (χ1) is 11.4. The Morgan fingerprint density at radius 3 is 2.75 bits per heavy atom. The number of aromatic nitrogens is 3. The Bertz CT molecular complexity index is 973. The molecule has 0 aliphatic rings. The van der Waals surface area contributed by atoms with E-state index >= 15 is 0 Å². The van der Waals surface area contributed by atoms with Gasteiger partial charge in [0.05, 0.1) is 11.8 Å². The molecule has 1 N–H and O–H groups in total. The first-order valence-corrected chi connectivity index (χ1v) is 9.59. The zero-order chi connectivity index (χ0) is 17.2. The van der Waals surface area contributed by atoms with E-state index in [4.69, 9.17) is 16.0 Å². The van der Waals surface area contributed by atoms with Crippen LogP contribution >= 0.6 is 11.6 Å². The van der Waals surface area contributed by atoms with Gasteiger partial charge in [0.2, 0.25) is 5.28 Å². The van der Waals surface area contributed by atoms with Crippen LogP contribution in [0.4, 0.5) is 17.5 Å². The third kappa shape index (κ3) is 4.09. The zero-order valence-corrected chi connectivity index (χ0v) is 14.5. The second-order valence-corrected chi connectivity index (χ2v) is 8.04. The molecule has 124 valence electrons. The van der Waals surface area contributed by atoms with Crippen molar-refractivity contribution in [2.75, 3.05) is 17.8 Å². The summed E-state index contributed by atoms with van der Waals surface area (Å²) in [5.74, 6) is 1.90. The van der Waals surface area contributed by atoms with Crippen LogP contribution in [-0.4, -0.2) is 31.7 Å². The molecule has 24 heavy (non-hydrogen) atoms. The van der Waals surface area contributed by atoms with E-state index in [2.05, 4.69) is 24.6 Å². The summed E-state index contributed by atoms with van der Waals surface area (Å²) < 4.78 is 21.3. The fourth-order valence-electron chi connectivity index (χ4n) is 1.96. The highest BCUT2D eigenvalue weighted by molar-refractivity contribution is 7.92. The predicted octanol–water partition coefficient (Wildman–Crippen LogP) is 3.89. The zero-order valence-electron chi connectivity index (χ0n) is 12.9. The van der Waals surface area contributed by atoms with E-state index in [1.807, 2.05) is 0 Å². The molecule has 0 saturated heterocycles. The molecule has 3 aromatic heterocycles. The average Bonchev–Trinajstić information content (AvgIpc) is 3.00. The van der Waals surface area contributed by atoms with Gasteiger partial charge in [-0.05, 0) is 35.9 Å². The molecule has 0 unspecified atom stereocenters. The van der Waals surface area contributed by atoms with Crippen molar-refractivity contribution >= 4 is 38.8 Å². The summed E-state index contributed by atoms with van der Waals surface area (Å²) in [6, 6.07) is 8.74. The van der Waals surface area contributed by atoms with Crippen molar-refractivity contribution in [3.8, 4) is 11.3 Å². The minimum Gasteiger partial charge on any atom is -0.464 e. The summed E-state index contributed by atoms with van der Waals surface area (Å²) in [6.07, 6.45) is 6.22. The van der Waals surface area contributed by atoms with Crippen molar-refractivity contribution < 1.29 is 8.63 Å². The normalized spacial score (nSPS) is 11.3. The molecule has 0 spiro atoms. The summed E-state index contributed by atoms with van der Waals surface area (Å²) in [4.78, 5) is 12.5. The molecule has 0 bridgehead atoms. The summed E-state index contributed by atoms with van der Waals surface area (Å²) in [5, 5.41) is 3.16. The van der Waals surface area contributed by atoms with E-state index in [9.17, 15) is 4.21 Å². The van der Waals surface area contributed by atoms with Crippen molar-refractivity contribution in [3.63, 3.8) is 0 Å². The molecule has 0 radical (unpaired) electrons. The molecule has 9 heteroatoms. The van der Waals surface area contributed by atoms with Crippen molar-refractivity contribution in [1.82, 2.24) is 15.0 Å². The third-order valence-corrected chi connectivity index (χ3v) is 3.65. The molecular weight excluding hydrogens is 350 g/mol. The lowest BCUT2D eigenvalue weighted by molar-refractivity contribution is 0.582. The van der Waals surface area contributed by atoms with Crippen LogP contribution in [0.2, 0.25) is 5.28 Å². The second-order valence-electron chi connectivity index (χ2n) is 5.16. The first kappa shape index (κ1) is 16.4. The summed E-state index contributed by atoms with van der Waals surface area (Å²) in [6.45, 7) is 0. The standard InChI is InChI=1S/C15H14ClN5O2S/c1-24(2,22)21-13-7-3-6-12(18-13)19-14-10(9-17-15(16)20-14)11-5-4-8-23-11/h3-9H,1-2H3,(H,17,18,19,20). The number of hydrogen-bond acceptors (Lipinski definition) is 7. The second kappa shape index (κ2) is 6.58. The van der Waals surface area contributed by atoms with Crippen molar-refractivity contribution in [2.24, 2.45) is 4.36 Å². The lowest BCUT2D eigenvalue weighted by Crippen LogP contribution is -2.00. The van der Waals surface area contributed by atoms with E-state index in [-0.39, 0.29) is 5.28 Å². The number of anilines is 2. The SMILES string of the molecule is CS(C)(=O)=Nc1cccc(Nc2nc(Cl)ncc2-c2ccco2)n1. The number of halogens is 1. The molecule has 0 aliphatic carbocycles. The van der Waals surface area contributed by atoms with Crippen LogP contribution in [0, 0.1) is 0 Å². The fourth-order valence-corrected chi connectivity index (χ4v) is 2.64. The van der Waals surface area contributed by atoms with Crippen LogP contribution in [0.1, 0.15) is 0 Å². The number of rotatable bonds is 4. The van der Waals surface area contributed by atoms with Crippen LogP contribution < -0.4 is 5.32 Å². The molecule has 3 aromatic rings. The van der Waals surface area contributed by atoms with Gasteiger partial charge in [-0.25, -0.2) is 14.2 Å². The van der Waals surface area contributed by atoms with Gasteiger partial charge in [-0.15, -0.1) is 0 Å². The van der Waals surface area contributed by atoms with Crippen LogP contribution in [-0.2, 0) is 9.73 Å². The summed E-state index contributed by atoms with van der Waals surface area (Å²) in [7, 11) is -2.29. The van der Waals surface area contributed by atoms with Gasteiger partial charge >= 0.3 is 0 Å². The largest absolute Gasteiger partial charge is 0.464 e. The van der Waals surface area contributed by atoms with Crippen LogP contribution in [0.15, 0.2) is 51.6 Å².